The second-order valence-corrected chi connectivity index (χ2v) is 6.64. The first-order valence-electron chi connectivity index (χ1n) is 8.85. The Morgan fingerprint density at radius 1 is 1.30 bits per heavy atom. The lowest BCUT2D eigenvalue weighted by Gasteiger charge is -2.24. The smallest absolute Gasteiger partial charge is 0.223 e. The minimum atomic E-state index is 0.299. The Kier molecular flexibility index (Phi) is 3.68. The van der Waals surface area contributed by atoms with E-state index in [1.807, 2.05) is 18.2 Å². The molecule has 0 saturated heterocycles. The average Bonchev–Trinajstić information content (AvgIpc) is 3.33. The Hall–Kier alpha value is -3.20. The van der Waals surface area contributed by atoms with E-state index >= 15 is 0 Å². The van der Waals surface area contributed by atoms with E-state index in [-0.39, 0.29) is 0 Å². The number of nitrogen functional groups attached to an aromatic ring is 1. The SMILES string of the molecule is COc1cccc2c1nc(N)n1nc(CCN3CCc4oncc4C3)nc21. The Bertz CT molecular complexity index is 1130. The fourth-order valence-electron chi connectivity index (χ4n) is 3.59. The van der Waals surface area contributed by atoms with Crippen LogP contribution in [0, 0.1) is 0 Å². The van der Waals surface area contributed by atoms with Gasteiger partial charge in [0.1, 0.15) is 17.0 Å². The molecule has 0 bridgehead atoms. The van der Waals surface area contributed by atoms with Crippen molar-refractivity contribution in [1.29, 1.82) is 0 Å². The number of aromatic nitrogens is 5. The molecule has 3 aromatic heterocycles. The number of anilines is 1. The van der Waals surface area contributed by atoms with Gasteiger partial charge >= 0.3 is 0 Å². The van der Waals surface area contributed by atoms with Crippen molar-refractivity contribution in [2.45, 2.75) is 19.4 Å². The molecule has 9 nitrogen and oxygen atoms in total. The number of para-hydroxylation sites is 1. The fraction of sp³-hybridized carbons (Fsp3) is 0.333. The molecule has 1 aliphatic rings. The first kappa shape index (κ1) is 16.0. The molecular formula is C18H19N7O2. The summed E-state index contributed by atoms with van der Waals surface area (Å²) in [7, 11) is 1.62. The normalized spacial score (nSPS) is 14.7. The van der Waals surface area contributed by atoms with Gasteiger partial charge in [0.25, 0.3) is 0 Å². The van der Waals surface area contributed by atoms with E-state index in [0.717, 1.165) is 55.0 Å². The summed E-state index contributed by atoms with van der Waals surface area (Å²) in [6.45, 7) is 2.64. The van der Waals surface area contributed by atoms with Gasteiger partial charge in [0.05, 0.1) is 13.3 Å². The van der Waals surface area contributed by atoms with Gasteiger partial charge < -0.3 is 15.0 Å². The van der Waals surface area contributed by atoms with Gasteiger partial charge in [0, 0.05) is 43.4 Å². The van der Waals surface area contributed by atoms with Gasteiger partial charge in [-0.15, -0.1) is 5.10 Å². The van der Waals surface area contributed by atoms with Gasteiger partial charge in [0.2, 0.25) is 5.95 Å². The molecule has 0 fully saturated rings. The molecule has 0 unspecified atom stereocenters. The van der Waals surface area contributed by atoms with Crippen molar-refractivity contribution in [3.05, 3.63) is 41.5 Å². The summed E-state index contributed by atoms with van der Waals surface area (Å²) in [5.74, 6) is 2.71. The van der Waals surface area contributed by atoms with Gasteiger partial charge in [-0.05, 0) is 12.1 Å². The largest absolute Gasteiger partial charge is 0.494 e. The van der Waals surface area contributed by atoms with Crippen LogP contribution in [0.1, 0.15) is 17.1 Å². The third kappa shape index (κ3) is 2.67. The predicted octanol–water partition coefficient (Wildman–Crippen LogP) is 1.46. The lowest BCUT2D eigenvalue weighted by atomic mass is 10.1. The number of benzene rings is 1. The second-order valence-electron chi connectivity index (χ2n) is 6.64. The summed E-state index contributed by atoms with van der Waals surface area (Å²) in [6, 6.07) is 5.73. The summed E-state index contributed by atoms with van der Waals surface area (Å²) in [5, 5.41) is 9.30. The number of hydrogen-bond donors (Lipinski definition) is 1. The lowest BCUT2D eigenvalue weighted by Crippen LogP contribution is -2.31. The molecular weight excluding hydrogens is 346 g/mol. The number of nitrogens with zero attached hydrogens (tertiary/aromatic N) is 6. The zero-order chi connectivity index (χ0) is 18.4. The van der Waals surface area contributed by atoms with E-state index in [1.54, 1.807) is 17.8 Å². The van der Waals surface area contributed by atoms with Gasteiger partial charge in [-0.3, -0.25) is 4.90 Å². The number of fused-ring (bicyclic) bond motifs is 4. The zero-order valence-corrected chi connectivity index (χ0v) is 14.9. The van der Waals surface area contributed by atoms with E-state index in [1.165, 1.54) is 0 Å². The van der Waals surface area contributed by atoms with Crippen LogP contribution in [0.4, 0.5) is 5.95 Å². The Labute approximate surface area is 154 Å². The van der Waals surface area contributed by atoms with Crippen LogP contribution in [0.25, 0.3) is 16.6 Å². The first-order chi connectivity index (χ1) is 13.2. The van der Waals surface area contributed by atoms with Crippen molar-refractivity contribution in [3.63, 3.8) is 0 Å². The highest BCUT2D eigenvalue weighted by Gasteiger charge is 2.20. The van der Waals surface area contributed by atoms with Crippen LogP contribution in [0.3, 0.4) is 0 Å². The maximum absolute atomic E-state index is 6.11. The Morgan fingerprint density at radius 3 is 3.11 bits per heavy atom. The van der Waals surface area contributed by atoms with Crippen molar-refractivity contribution in [3.8, 4) is 5.75 Å². The third-order valence-corrected chi connectivity index (χ3v) is 4.98. The van der Waals surface area contributed by atoms with Crippen LogP contribution in [-0.2, 0) is 19.4 Å². The maximum atomic E-state index is 6.11. The minimum Gasteiger partial charge on any atom is -0.494 e. The summed E-state index contributed by atoms with van der Waals surface area (Å²) in [4.78, 5) is 11.5. The van der Waals surface area contributed by atoms with E-state index in [0.29, 0.717) is 22.9 Å². The molecule has 138 valence electrons. The number of ether oxygens (including phenoxy) is 1. The summed E-state index contributed by atoms with van der Waals surface area (Å²) >= 11 is 0. The molecule has 4 heterocycles. The molecule has 0 atom stereocenters. The van der Waals surface area contributed by atoms with E-state index < -0.39 is 0 Å². The Morgan fingerprint density at radius 2 is 2.22 bits per heavy atom. The maximum Gasteiger partial charge on any atom is 0.223 e. The van der Waals surface area contributed by atoms with Crippen molar-refractivity contribution >= 4 is 22.5 Å². The van der Waals surface area contributed by atoms with Gasteiger partial charge in [-0.1, -0.05) is 11.2 Å². The molecule has 1 aliphatic heterocycles. The number of nitrogens with two attached hydrogens (primary N) is 1. The average molecular weight is 365 g/mol. The number of hydrogen-bond acceptors (Lipinski definition) is 8. The van der Waals surface area contributed by atoms with Crippen molar-refractivity contribution in [1.82, 2.24) is 29.6 Å². The quantitative estimate of drug-likeness (QED) is 0.579. The summed E-state index contributed by atoms with van der Waals surface area (Å²) < 4.78 is 12.2. The molecule has 9 heteroatoms. The van der Waals surface area contributed by atoms with Crippen LogP contribution in [-0.4, -0.2) is 49.8 Å². The molecule has 0 radical (unpaired) electrons. The number of methoxy groups -OCH3 is 1. The standard InChI is InChI=1S/C18H19N7O2/c1-26-14-4-2-3-12-16(14)22-18(19)25-17(12)21-15(23-25)6-8-24-7-5-13-11(10-24)9-20-27-13/h2-4,9H,5-8,10H2,1H3,(H2,19,22). The van der Waals surface area contributed by atoms with Crippen molar-refractivity contribution in [2.24, 2.45) is 0 Å². The topological polar surface area (TPSA) is 108 Å². The zero-order valence-electron chi connectivity index (χ0n) is 14.9. The second kappa shape index (κ2) is 6.20. The molecule has 0 spiro atoms. The van der Waals surface area contributed by atoms with E-state index in [4.69, 9.17) is 20.0 Å². The predicted molar refractivity (Wildman–Crippen MR) is 98.4 cm³/mol. The van der Waals surface area contributed by atoms with Gasteiger partial charge in [-0.2, -0.15) is 4.52 Å². The van der Waals surface area contributed by atoms with Crippen molar-refractivity contribution < 1.29 is 9.26 Å². The highest BCUT2D eigenvalue weighted by atomic mass is 16.5. The molecule has 27 heavy (non-hydrogen) atoms. The third-order valence-electron chi connectivity index (χ3n) is 4.98. The van der Waals surface area contributed by atoms with Crippen LogP contribution >= 0.6 is 0 Å². The van der Waals surface area contributed by atoms with E-state index in [9.17, 15) is 0 Å². The highest BCUT2D eigenvalue weighted by molar-refractivity contribution is 5.95. The first-order valence-corrected chi connectivity index (χ1v) is 8.85. The molecule has 1 aromatic carbocycles. The summed E-state index contributed by atoms with van der Waals surface area (Å²) in [5.41, 5.74) is 8.66. The molecule has 0 aliphatic carbocycles. The van der Waals surface area contributed by atoms with Crippen LogP contribution in [0.15, 0.2) is 28.9 Å². The van der Waals surface area contributed by atoms with Crippen LogP contribution in [0.2, 0.25) is 0 Å². The minimum absolute atomic E-state index is 0.299. The number of rotatable bonds is 4. The molecule has 5 rings (SSSR count). The molecule has 2 N–H and O–H groups in total. The summed E-state index contributed by atoms with van der Waals surface area (Å²) in [6.07, 6.45) is 3.42. The Balaban J connectivity index is 1.43. The van der Waals surface area contributed by atoms with E-state index in [2.05, 4.69) is 20.1 Å². The monoisotopic (exact) mass is 365 g/mol. The van der Waals surface area contributed by atoms with Crippen LogP contribution in [0.5, 0.6) is 5.75 Å². The fourth-order valence-corrected chi connectivity index (χ4v) is 3.59. The lowest BCUT2D eigenvalue weighted by molar-refractivity contribution is 0.237. The van der Waals surface area contributed by atoms with Gasteiger partial charge in [-0.25, -0.2) is 9.97 Å². The van der Waals surface area contributed by atoms with Gasteiger partial charge in [0.15, 0.2) is 11.5 Å². The van der Waals surface area contributed by atoms with Crippen LogP contribution < -0.4 is 10.5 Å². The highest BCUT2D eigenvalue weighted by Crippen LogP contribution is 2.27. The molecule has 0 saturated carbocycles. The molecule has 0 amide bonds. The molecule has 4 aromatic rings. The van der Waals surface area contributed by atoms with Crippen molar-refractivity contribution in [2.75, 3.05) is 25.9 Å².